The summed E-state index contributed by atoms with van der Waals surface area (Å²) in [7, 11) is 3.28. The lowest BCUT2D eigenvalue weighted by Crippen LogP contribution is -2.53. The summed E-state index contributed by atoms with van der Waals surface area (Å²) >= 11 is 6.14. The van der Waals surface area contributed by atoms with Gasteiger partial charge in [-0.1, -0.05) is 0 Å². The fourth-order valence-corrected chi connectivity index (χ4v) is 2.36. The van der Waals surface area contributed by atoms with E-state index >= 15 is 0 Å². The minimum Gasteiger partial charge on any atom is -0.497 e. The highest BCUT2D eigenvalue weighted by molar-refractivity contribution is 6.21. The zero-order valence-electron chi connectivity index (χ0n) is 11.2. The molecule has 1 aromatic rings. The van der Waals surface area contributed by atoms with Gasteiger partial charge in [0.1, 0.15) is 23.7 Å². The van der Waals surface area contributed by atoms with Crippen LogP contribution in [0, 0.1) is 0 Å². The smallest absolute Gasteiger partial charge is 0.128 e. The number of hydrogen-bond donors (Lipinski definition) is 0. The van der Waals surface area contributed by atoms with Crippen molar-refractivity contribution >= 4 is 11.6 Å². The minimum absolute atomic E-state index is 0.00718. The summed E-state index contributed by atoms with van der Waals surface area (Å²) in [6.07, 6.45) is 0.734. The molecular weight excluding hydrogens is 268 g/mol. The topological polar surface area (TPSA) is 36.9 Å². The molecule has 0 radical (unpaired) electrons. The van der Waals surface area contributed by atoms with E-state index in [1.54, 1.807) is 14.2 Å². The Morgan fingerprint density at radius 2 is 1.79 bits per heavy atom. The van der Waals surface area contributed by atoms with E-state index < -0.39 is 0 Å². The summed E-state index contributed by atoms with van der Waals surface area (Å²) in [4.78, 5) is 0. The Hall–Kier alpha value is -0.970. The third-order valence-corrected chi connectivity index (χ3v) is 3.55. The standard InChI is InChI=1S/C14H19ClO4/c1-16-7-8-18-14-12(15)9-13(14)19-11-5-3-10(17-2)4-6-11/h3-6,12-14H,7-9H2,1-2H3. The average molecular weight is 287 g/mol. The summed E-state index contributed by atoms with van der Waals surface area (Å²) in [6, 6.07) is 7.50. The third kappa shape index (κ3) is 3.75. The summed E-state index contributed by atoms with van der Waals surface area (Å²) in [5, 5.41) is 0.0140. The van der Waals surface area contributed by atoms with Gasteiger partial charge in [-0.25, -0.2) is 0 Å². The molecule has 0 saturated heterocycles. The van der Waals surface area contributed by atoms with Gasteiger partial charge in [0, 0.05) is 13.5 Å². The quantitative estimate of drug-likeness (QED) is 0.570. The SMILES string of the molecule is COCCOC1C(Cl)CC1Oc1ccc(OC)cc1. The largest absolute Gasteiger partial charge is 0.497 e. The van der Waals surface area contributed by atoms with Crippen LogP contribution in [0.2, 0.25) is 0 Å². The molecule has 1 aliphatic rings. The molecule has 0 bridgehead atoms. The second kappa shape index (κ2) is 6.98. The monoisotopic (exact) mass is 286 g/mol. The van der Waals surface area contributed by atoms with Crippen LogP contribution in [0.1, 0.15) is 6.42 Å². The van der Waals surface area contributed by atoms with E-state index in [9.17, 15) is 0 Å². The average Bonchev–Trinajstić information content (AvgIpc) is 2.44. The highest BCUT2D eigenvalue weighted by atomic mass is 35.5. The molecule has 0 heterocycles. The van der Waals surface area contributed by atoms with Crippen molar-refractivity contribution in [2.75, 3.05) is 27.4 Å². The maximum absolute atomic E-state index is 6.14. The van der Waals surface area contributed by atoms with Gasteiger partial charge in [-0.05, 0) is 24.3 Å². The molecule has 19 heavy (non-hydrogen) atoms. The molecule has 1 aromatic carbocycles. The highest BCUT2D eigenvalue weighted by Gasteiger charge is 2.42. The van der Waals surface area contributed by atoms with E-state index in [0.29, 0.717) is 13.2 Å². The van der Waals surface area contributed by atoms with Gasteiger partial charge in [0.25, 0.3) is 0 Å². The van der Waals surface area contributed by atoms with Crippen LogP contribution in [0.25, 0.3) is 0 Å². The first-order valence-corrected chi connectivity index (χ1v) is 6.73. The van der Waals surface area contributed by atoms with Crippen molar-refractivity contribution in [3.63, 3.8) is 0 Å². The van der Waals surface area contributed by atoms with Crippen LogP contribution in [-0.4, -0.2) is 45.0 Å². The fraction of sp³-hybridized carbons (Fsp3) is 0.571. The van der Waals surface area contributed by atoms with Gasteiger partial charge in [0.05, 0.1) is 25.7 Å². The zero-order valence-corrected chi connectivity index (χ0v) is 11.9. The van der Waals surface area contributed by atoms with E-state index in [1.165, 1.54) is 0 Å². The van der Waals surface area contributed by atoms with Crippen LogP contribution in [0.5, 0.6) is 11.5 Å². The molecule has 1 aliphatic carbocycles. The number of rotatable bonds is 7. The molecule has 1 saturated carbocycles. The molecule has 0 amide bonds. The second-order valence-electron chi connectivity index (χ2n) is 4.41. The predicted octanol–water partition coefficient (Wildman–Crippen LogP) is 2.49. The van der Waals surface area contributed by atoms with Gasteiger partial charge in [-0.15, -0.1) is 11.6 Å². The Morgan fingerprint density at radius 3 is 2.37 bits per heavy atom. The molecule has 0 aromatic heterocycles. The van der Waals surface area contributed by atoms with Crippen LogP contribution in [0.15, 0.2) is 24.3 Å². The van der Waals surface area contributed by atoms with E-state index in [2.05, 4.69) is 0 Å². The molecule has 1 fully saturated rings. The number of methoxy groups -OCH3 is 2. The van der Waals surface area contributed by atoms with Crippen molar-refractivity contribution in [1.82, 2.24) is 0 Å². The van der Waals surface area contributed by atoms with Crippen LogP contribution < -0.4 is 9.47 Å². The van der Waals surface area contributed by atoms with Crippen LogP contribution in [0.3, 0.4) is 0 Å². The Bertz CT molecular complexity index is 382. The van der Waals surface area contributed by atoms with Gasteiger partial charge < -0.3 is 18.9 Å². The van der Waals surface area contributed by atoms with Gasteiger partial charge in [0.15, 0.2) is 0 Å². The van der Waals surface area contributed by atoms with E-state index in [1.807, 2.05) is 24.3 Å². The van der Waals surface area contributed by atoms with Crippen LogP contribution in [-0.2, 0) is 9.47 Å². The summed E-state index contributed by atoms with van der Waals surface area (Å²) < 4.78 is 21.6. The summed E-state index contributed by atoms with van der Waals surface area (Å²) in [5.74, 6) is 1.61. The molecule has 3 unspecified atom stereocenters. The lowest BCUT2D eigenvalue weighted by Gasteiger charge is -2.40. The lowest BCUT2D eigenvalue weighted by molar-refractivity contribution is -0.0898. The van der Waals surface area contributed by atoms with Crippen LogP contribution in [0.4, 0.5) is 0 Å². The van der Waals surface area contributed by atoms with E-state index in [4.69, 9.17) is 30.5 Å². The normalized spacial score (nSPS) is 25.7. The third-order valence-electron chi connectivity index (χ3n) is 3.13. The highest BCUT2D eigenvalue weighted by Crippen LogP contribution is 2.33. The van der Waals surface area contributed by atoms with E-state index in [-0.39, 0.29) is 17.6 Å². The Labute approximate surface area is 118 Å². The first-order valence-electron chi connectivity index (χ1n) is 6.30. The Morgan fingerprint density at radius 1 is 1.11 bits per heavy atom. The summed E-state index contributed by atoms with van der Waals surface area (Å²) in [6.45, 7) is 1.10. The van der Waals surface area contributed by atoms with Gasteiger partial charge in [0.2, 0.25) is 0 Å². The molecule has 4 nitrogen and oxygen atoms in total. The maximum atomic E-state index is 6.14. The molecule has 0 N–H and O–H groups in total. The fourth-order valence-electron chi connectivity index (χ4n) is 1.95. The lowest BCUT2D eigenvalue weighted by atomic mass is 9.91. The van der Waals surface area contributed by atoms with Crippen LogP contribution >= 0.6 is 11.6 Å². The predicted molar refractivity (Wildman–Crippen MR) is 73.3 cm³/mol. The first kappa shape index (κ1) is 14.4. The van der Waals surface area contributed by atoms with Crippen molar-refractivity contribution in [1.29, 1.82) is 0 Å². The number of ether oxygens (including phenoxy) is 4. The molecule has 2 rings (SSSR count). The zero-order chi connectivity index (χ0) is 13.7. The number of benzene rings is 1. The minimum atomic E-state index is -0.0704. The van der Waals surface area contributed by atoms with Crippen molar-refractivity contribution < 1.29 is 18.9 Å². The molecule has 3 atom stereocenters. The first-order chi connectivity index (χ1) is 9.24. The van der Waals surface area contributed by atoms with Gasteiger partial charge in [-0.3, -0.25) is 0 Å². The number of halogens is 1. The van der Waals surface area contributed by atoms with E-state index in [0.717, 1.165) is 17.9 Å². The van der Waals surface area contributed by atoms with Gasteiger partial charge >= 0.3 is 0 Å². The number of hydrogen-bond acceptors (Lipinski definition) is 4. The Kier molecular flexibility index (Phi) is 5.31. The van der Waals surface area contributed by atoms with Crippen molar-refractivity contribution in [3.05, 3.63) is 24.3 Å². The van der Waals surface area contributed by atoms with Crippen molar-refractivity contribution in [2.24, 2.45) is 0 Å². The second-order valence-corrected chi connectivity index (χ2v) is 4.97. The molecular formula is C14H19ClO4. The Balaban J connectivity index is 1.84. The van der Waals surface area contributed by atoms with Crippen molar-refractivity contribution in [2.45, 2.75) is 24.0 Å². The molecule has 0 aliphatic heterocycles. The summed E-state index contributed by atoms with van der Waals surface area (Å²) in [5.41, 5.74) is 0. The number of alkyl halides is 1. The van der Waals surface area contributed by atoms with Crippen molar-refractivity contribution in [3.8, 4) is 11.5 Å². The maximum Gasteiger partial charge on any atom is 0.128 e. The molecule has 5 heteroatoms. The molecule has 0 spiro atoms. The van der Waals surface area contributed by atoms with Gasteiger partial charge in [-0.2, -0.15) is 0 Å². The molecule has 106 valence electrons.